The monoisotopic (exact) mass is 243 g/mol. The summed E-state index contributed by atoms with van der Waals surface area (Å²) in [4.78, 5) is 11.6. The zero-order chi connectivity index (χ0) is 13.0. The van der Waals surface area contributed by atoms with Crippen molar-refractivity contribution in [2.75, 3.05) is 0 Å². The Hall–Kier alpha value is -1.97. The van der Waals surface area contributed by atoms with Gasteiger partial charge in [0.2, 0.25) is 0 Å². The van der Waals surface area contributed by atoms with Gasteiger partial charge >= 0.3 is 0 Å². The first-order valence-corrected chi connectivity index (χ1v) is 6.24. The van der Waals surface area contributed by atoms with Crippen LogP contribution < -0.4 is 0 Å². The van der Waals surface area contributed by atoms with E-state index in [0.717, 1.165) is 30.6 Å². The van der Waals surface area contributed by atoms with Crippen LogP contribution >= 0.6 is 0 Å². The molecule has 0 saturated carbocycles. The van der Waals surface area contributed by atoms with Crippen LogP contribution in [0.5, 0.6) is 0 Å². The summed E-state index contributed by atoms with van der Waals surface area (Å²) < 4.78 is 1.83. The van der Waals surface area contributed by atoms with E-state index in [1.54, 1.807) is 0 Å². The minimum Gasteiger partial charge on any atom is -0.293 e. The van der Waals surface area contributed by atoms with Gasteiger partial charge in [0.25, 0.3) is 0 Å². The SMILES string of the molecule is CCCCn1nnc(C(C)=O)c1-c1ccccc1. The molecule has 18 heavy (non-hydrogen) atoms. The molecule has 0 radical (unpaired) electrons. The third-order valence-corrected chi connectivity index (χ3v) is 2.84. The molecular formula is C14H17N3O. The van der Waals surface area contributed by atoms with E-state index in [0.29, 0.717) is 5.69 Å². The number of carbonyl (C=O) groups excluding carboxylic acids is 1. The van der Waals surface area contributed by atoms with Crippen molar-refractivity contribution in [3.63, 3.8) is 0 Å². The highest BCUT2D eigenvalue weighted by Crippen LogP contribution is 2.22. The van der Waals surface area contributed by atoms with E-state index < -0.39 is 0 Å². The van der Waals surface area contributed by atoms with Crippen LogP contribution in [-0.4, -0.2) is 20.8 Å². The zero-order valence-electron chi connectivity index (χ0n) is 10.8. The molecule has 0 spiro atoms. The maximum Gasteiger partial charge on any atom is 0.182 e. The molecule has 4 heteroatoms. The van der Waals surface area contributed by atoms with Crippen molar-refractivity contribution in [1.82, 2.24) is 15.0 Å². The Morgan fingerprint density at radius 1 is 1.28 bits per heavy atom. The molecule has 0 bridgehead atoms. The molecule has 0 aliphatic heterocycles. The van der Waals surface area contributed by atoms with Crippen molar-refractivity contribution in [1.29, 1.82) is 0 Å². The van der Waals surface area contributed by atoms with Crippen molar-refractivity contribution in [3.8, 4) is 11.3 Å². The Bertz CT molecular complexity index is 531. The normalized spacial score (nSPS) is 10.6. The molecule has 94 valence electrons. The van der Waals surface area contributed by atoms with Gasteiger partial charge in [-0.1, -0.05) is 48.9 Å². The van der Waals surface area contributed by atoms with Gasteiger partial charge in [0, 0.05) is 19.0 Å². The largest absolute Gasteiger partial charge is 0.293 e. The van der Waals surface area contributed by atoms with Crippen molar-refractivity contribution >= 4 is 5.78 Å². The molecule has 1 aromatic carbocycles. The molecular weight excluding hydrogens is 226 g/mol. The number of ketones is 1. The topological polar surface area (TPSA) is 47.8 Å². The van der Waals surface area contributed by atoms with Gasteiger partial charge in [0.05, 0.1) is 5.69 Å². The molecule has 0 unspecified atom stereocenters. The second-order valence-corrected chi connectivity index (χ2v) is 4.29. The van der Waals surface area contributed by atoms with Gasteiger partial charge in [-0.05, 0) is 6.42 Å². The molecule has 2 rings (SSSR count). The summed E-state index contributed by atoms with van der Waals surface area (Å²) in [6, 6.07) is 9.82. The molecule has 1 aromatic heterocycles. The van der Waals surface area contributed by atoms with E-state index in [9.17, 15) is 4.79 Å². The highest BCUT2D eigenvalue weighted by Gasteiger charge is 2.17. The van der Waals surface area contributed by atoms with E-state index >= 15 is 0 Å². The van der Waals surface area contributed by atoms with E-state index in [4.69, 9.17) is 0 Å². The van der Waals surface area contributed by atoms with Crippen LogP contribution in [0, 0.1) is 0 Å². The fraction of sp³-hybridized carbons (Fsp3) is 0.357. The van der Waals surface area contributed by atoms with E-state index in [1.807, 2.05) is 35.0 Å². The first-order valence-electron chi connectivity index (χ1n) is 6.24. The summed E-state index contributed by atoms with van der Waals surface area (Å²) in [7, 11) is 0. The van der Waals surface area contributed by atoms with Gasteiger partial charge in [0.1, 0.15) is 0 Å². The van der Waals surface area contributed by atoms with Crippen molar-refractivity contribution in [2.24, 2.45) is 0 Å². The van der Waals surface area contributed by atoms with Crippen LogP contribution in [-0.2, 0) is 6.54 Å². The second-order valence-electron chi connectivity index (χ2n) is 4.29. The van der Waals surface area contributed by atoms with Crippen molar-refractivity contribution in [2.45, 2.75) is 33.2 Å². The lowest BCUT2D eigenvalue weighted by Crippen LogP contribution is -2.04. The Balaban J connectivity index is 2.47. The third-order valence-electron chi connectivity index (χ3n) is 2.84. The molecule has 0 amide bonds. The summed E-state index contributed by atoms with van der Waals surface area (Å²) in [5, 5.41) is 8.11. The lowest BCUT2D eigenvalue weighted by atomic mass is 10.1. The molecule has 0 aliphatic carbocycles. The van der Waals surface area contributed by atoms with Crippen molar-refractivity contribution < 1.29 is 4.79 Å². The summed E-state index contributed by atoms with van der Waals surface area (Å²) >= 11 is 0. The number of Topliss-reactive ketones (excluding diaryl/α,β-unsaturated/α-hetero) is 1. The minimum absolute atomic E-state index is 0.0448. The maximum absolute atomic E-state index is 11.6. The summed E-state index contributed by atoms with van der Waals surface area (Å²) in [5.41, 5.74) is 2.28. The van der Waals surface area contributed by atoms with E-state index in [1.165, 1.54) is 6.92 Å². The Morgan fingerprint density at radius 2 is 2.00 bits per heavy atom. The van der Waals surface area contributed by atoms with Gasteiger partial charge in [0.15, 0.2) is 11.5 Å². The number of nitrogens with zero attached hydrogens (tertiary/aromatic N) is 3. The number of unbranched alkanes of at least 4 members (excludes halogenated alkanes) is 1. The fourth-order valence-electron chi connectivity index (χ4n) is 1.90. The summed E-state index contributed by atoms with van der Waals surface area (Å²) in [5.74, 6) is -0.0448. The van der Waals surface area contributed by atoms with Gasteiger partial charge in [-0.25, -0.2) is 4.68 Å². The standard InChI is InChI=1S/C14H17N3O/c1-3-4-10-17-14(12-8-6-5-7-9-12)13(11(2)18)15-16-17/h5-9H,3-4,10H2,1-2H3. The maximum atomic E-state index is 11.6. The highest BCUT2D eigenvalue weighted by molar-refractivity contribution is 5.97. The molecule has 0 N–H and O–H groups in total. The molecule has 1 heterocycles. The number of rotatable bonds is 5. The molecule has 2 aromatic rings. The molecule has 0 saturated heterocycles. The summed E-state index contributed by atoms with van der Waals surface area (Å²) in [6.45, 7) is 4.45. The van der Waals surface area contributed by atoms with Gasteiger partial charge < -0.3 is 0 Å². The zero-order valence-corrected chi connectivity index (χ0v) is 10.8. The van der Waals surface area contributed by atoms with Gasteiger partial charge in [-0.15, -0.1) is 5.10 Å². The van der Waals surface area contributed by atoms with Crippen LogP contribution in [0.4, 0.5) is 0 Å². The quantitative estimate of drug-likeness (QED) is 0.758. The molecule has 0 aliphatic rings. The van der Waals surface area contributed by atoms with Crippen LogP contribution in [0.1, 0.15) is 37.2 Å². The lowest BCUT2D eigenvalue weighted by molar-refractivity contribution is 0.101. The number of hydrogen-bond donors (Lipinski definition) is 0. The molecule has 4 nitrogen and oxygen atoms in total. The predicted molar refractivity (Wildman–Crippen MR) is 70.4 cm³/mol. The lowest BCUT2D eigenvalue weighted by Gasteiger charge is -2.06. The number of aromatic nitrogens is 3. The smallest absolute Gasteiger partial charge is 0.182 e. The van der Waals surface area contributed by atoms with E-state index in [-0.39, 0.29) is 5.78 Å². The van der Waals surface area contributed by atoms with Crippen LogP contribution in [0.2, 0.25) is 0 Å². The molecule has 0 fully saturated rings. The third kappa shape index (κ3) is 2.47. The number of carbonyl (C=O) groups is 1. The average Bonchev–Trinajstić information content (AvgIpc) is 2.81. The first-order chi connectivity index (χ1) is 8.74. The van der Waals surface area contributed by atoms with Crippen LogP contribution in [0.25, 0.3) is 11.3 Å². The van der Waals surface area contributed by atoms with Gasteiger partial charge in [-0.2, -0.15) is 0 Å². The Kier molecular flexibility index (Phi) is 3.87. The Morgan fingerprint density at radius 3 is 2.61 bits per heavy atom. The average molecular weight is 243 g/mol. The van der Waals surface area contributed by atoms with Crippen molar-refractivity contribution in [3.05, 3.63) is 36.0 Å². The van der Waals surface area contributed by atoms with E-state index in [2.05, 4.69) is 17.2 Å². The second kappa shape index (κ2) is 5.58. The Labute approximate surface area is 107 Å². The number of benzene rings is 1. The minimum atomic E-state index is -0.0448. The van der Waals surface area contributed by atoms with Crippen LogP contribution in [0.3, 0.4) is 0 Å². The number of hydrogen-bond acceptors (Lipinski definition) is 3. The predicted octanol–water partition coefficient (Wildman–Crippen LogP) is 2.95. The van der Waals surface area contributed by atoms with Crippen LogP contribution in [0.15, 0.2) is 30.3 Å². The van der Waals surface area contributed by atoms with Gasteiger partial charge in [-0.3, -0.25) is 4.79 Å². The first kappa shape index (κ1) is 12.5. The fourth-order valence-corrected chi connectivity index (χ4v) is 1.90. The summed E-state index contributed by atoms with van der Waals surface area (Å²) in [6.07, 6.45) is 2.12. The highest BCUT2D eigenvalue weighted by atomic mass is 16.1. The number of aryl methyl sites for hydroxylation is 1. The molecule has 0 atom stereocenters.